The van der Waals surface area contributed by atoms with Crippen LogP contribution < -0.4 is 14.2 Å². The van der Waals surface area contributed by atoms with Crippen LogP contribution in [0, 0.1) is 0 Å². The van der Waals surface area contributed by atoms with Crippen molar-refractivity contribution in [2.45, 2.75) is 0 Å². The zero-order valence-corrected chi connectivity index (χ0v) is 13.3. The highest BCUT2D eigenvalue weighted by molar-refractivity contribution is 7.90. The van der Waals surface area contributed by atoms with Gasteiger partial charge in [-0.3, -0.25) is 4.79 Å². The van der Waals surface area contributed by atoms with E-state index in [9.17, 15) is 13.2 Å². The van der Waals surface area contributed by atoms with Crippen LogP contribution in [0.2, 0.25) is 0 Å². The molecule has 11 heteroatoms. The lowest BCUT2D eigenvalue weighted by Crippen LogP contribution is -2.33. The maximum atomic E-state index is 11.8. The maximum absolute atomic E-state index is 11.8. The number of nitrogens with one attached hydrogen (secondary N) is 1. The van der Waals surface area contributed by atoms with Gasteiger partial charge in [-0.2, -0.15) is 9.97 Å². The molecule has 1 amide bonds. The molecule has 8 nitrogen and oxygen atoms in total. The van der Waals surface area contributed by atoms with E-state index in [0.717, 1.165) is 5.54 Å². The molecular weight excluding hydrogens is 345 g/mol. The Bertz CT molecular complexity index is 640. The molecular formula is C10H11Cl2N3O5S. The monoisotopic (exact) mass is 355 g/mol. The second-order valence-electron chi connectivity index (χ2n) is 3.52. The molecule has 0 aliphatic rings. The van der Waals surface area contributed by atoms with Gasteiger partial charge in [0.2, 0.25) is 27.6 Å². The van der Waals surface area contributed by atoms with Crippen LogP contribution in [0.25, 0.3) is 0 Å². The molecule has 1 N–H and O–H groups in total. The third kappa shape index (κ3) is 5.37. The maximum Gasteiger partial charge on any atom is 0.302 e. The van der Waals surface area contributed by atoms with Crippen molar-refractivity contribution in [3.05, 3.63) is 22.5 Å². The van der Waals surface area contributed by atoms with Gasteiger partial charge in [-0.25, -0.2) is 13.1 Å². The predicted octanol–water partition coefficient (Wildman–Crippen LogP) is 0.872. The number of sulfonamides is 1. The third-order valence-electron chi connectivity index (χ3n) is 2.00. The number of methoxy groups -OCH3 is 2. The molecule has 0 aliphatic carbocycles. The minimum atomic E-state index is -4.03. The van der Waals surface area contributed by atoms with Gasteiger partial charge in [0.1, 0.15) is 5.75 Å². The number of hydrogen-bond acceptors (Lipinski definition) is 7. The second-order valence-corrected chi connectivity index (χ2v) is 5.95. The first-order valence-corrected chi connectivity index (χ1v) is 7.74. The quantitative estimate of drug-likeness (QED) is 0.806. The van der Waals surface area contributed by atoms with Crippen molar-refractivity contribution in [2.24, 2.45) is 0 Å². The summed E-state index contributed by atoms with van der Waals surface area (Å²) < 4.78 is 34.8. The Morgan fingerprint density at radius 2 is 1.86 bits per heavy atom. The van der Waals surface area contributed by atoms with E-state index in [1.54, 1.807) is 4.72 Å². The van der Waals surface area contributed by atoms with Crippen LogP contribution in [0.3, 0.4) is 0 Å². The predicted molar refractivity (Wildman–Crippen MR) is 76.2 cm³/mol. The van der Waals surface area contributed by atoms with Gasteiger partial charge >= 0.3 is 5.91 Å². The first-order valence-electron chi connectivity index (χ1n) is 5.28. The minimum Gasteiger partial charge on any atom is -0.481 e. The molecule has 0 aliphatic heterocycles. The van der Waals surface area contributed by atoms with Crippen molar-refractivity contribution in [3.63, 3.8) is 0 Å². The number of rotatable bonds is 6. The number of ether oxygens (including phenoxy) is 2. The van der Waals surface area contributed by atoms with E-state index in [1.807, 2.05) is 0 Å². The SMILES string of the molecule is COc1cc(OC)nc(C(=O)NS(=O)(=O)CC(Cl)=CCl)n1. The first kappa shape index (κ1) is 17.5. The van der Waals surface area contributed by atoms with Gasteiger partial charge in [-0.05, 0) is 0 Å². The van der Waals surface area contributed by atoms with Gasteiger partial charge in [0.15, 0.2) is 0 Å². The topological polar surface area (TPSA) is 107 Å². The summed E-state index contributed by atoms with van der Waals surface area (Å²) in [6, 6.07) is 1.33. The highest BCUT2D eigenvalue weighted by Crippen LogP contribution is 2.15. The van der Waals surface area contributed by atoms with Crippen LogP contribution in [-0.2, 0) is 10.0 Å². The van der Waals surface area contributed by atoms with Crippen molar-refractivity contribution in [2.75, 3.05) is 20.0 Å². The molecule has 1 aromatic rings. The molecule has 0 atom stereocenters. The zero-order chi connectivity index (χ0) is 16.0. The van der Waals surface area contributed by atoms with Crippen LogP contribution in [-0.4, -0.2) is 44.3 Å². The third-order valence-corrected chi connectivity index (χ3v) is 3.96. The summed E-state index contributed by atoms with van der Waals surface area (Å²) in [6.45, 7) is 0. The number of aromatic nitrogens is 2. The Balaban J connectivity index is 2.99. The number of nitrogens with zero attached hydrogens (tertiary/aromatic N) is 2. The number of carbonyl (C=O) groups is 1. The molecule has 0 spiro atoms. The molecule has 0 fully saturated rings. The molecule has 1 rings (SSSR count). The molecule has 0 radical (unpaired) electrons. The summed E-state index contributed by atoms with van der Waals surface area (Å²) in [5.74, 6) is -2.04. The van der Waals surface area contributed by atoms with Crippen molar-refractivity contribution < 1.29 is 22.7 Å². The van der Waals surface area contributed by atoms with Crippen LogP contribution in [0.15, 0.2) is 16.6 Å². The lowest BCUT2D eigenvalue weighted by molar-refractivity contribution is 0.0969. The standard InChI is InChI=1S/C10H11Cl2N3O5S/c1-19-7-3-8(20-2)14-9(13-7)10(16)15-21(17,18)5-6(12)4-11/h3-4H,5H2,1-2H3,(H,15,16). The van der Waals surface area contributed by atoms with Crippen LogP contribution in [0.1, 0.15) is 10.6 Å². The van der Waals surface area contributed by atoms with Gasteiger partial charge in [-0.15, -0.1) is 0 Å². The molecule has 1 heterocycles. The number of hydrogen-bond donors (Lipinski definition) is 1. The van der Waals surface area contributed by atoms with Crippen LogP contribution in [0.4, 0.5) is 0 Å². The van der Waals surface area contributed by atoms with Crippen molar-refractivity contribution in [1.29, 1.82) is 0 Å². The van der Waals surface area contributed by atoms with Gasteiger partial charge in [-0.1, -0.05) is 23.2 Å². The molecule has 21 heavy (non-hydrogen) atoms. The molecule has 0 saturated heterocycles. The fourth-order valence-corrected chi connectivity index (χ4v) is 2.64. The van der Waals surface area contributed by atoms with Crippen molar-refractivity contribution in [1.82, 2.24) is 14.7 Å². The van der Waals surface area contributed by atoms with Crippen molar-refractivity contribution >= 4 is 39.1 Å². The Labute approximate surface area is 131 Å². The Morgan fingerprint density at radius 1 is 1.33 bits per heavy atom. The minimum absolute atomic E-state index is 0.0445. The fraction of sp³-hybridized carbons (Fsp3) is 0.300. The average molecular weight is 356 g/mol. The lowest BCUT2D eigenvalue weighted by atomic mass is 10.5. The Kier molecular flexibility index (Phi) is 6.19. The molecule has 1 aromatic heterocycles. The van der Waals surface area contributed by atoms with E-state index in [-0.39, 0.29) is 16.8 Å². The molecule has 0 aromatic carbocycles. The summed E-state index contributed by atoms with van der Waals surface area (Å²) in [5, 5.41) is -0.152. The van der Waals surface area contributed by atoms with E-state index >= 15 is 0 Å². The van der Waals surface area contributed by atoms with Crippen LogP contribution in [0.5, 0.6) is 11.8 Å². The number of carbonyl (C=O) groups excluding carboxylic acids is 1. The van der Waals surface area contributed by atoms with Crippen molar-refractivity contribution in [3.8, 4) is 11.8 Å². The molecule has 0 bridgehead atoms. The summed E-state index contributed by atoms with van der Waals surface area (Å²) in [6.07, 6.45) is 0. The molecule has 0 saturated carbocycles. The largest absolute Gasteiger partial charge is 0.481 e. The number of halogens is 2. The van der Waals surface area contributed by atoms with Gasteiger partial charge < -0.3 is 9.47 Å². The molecule has 116 valence electrons. The summed E-state index contributed by atoms with van der Waals surface area (Å²) in [7, 11) is -1.38. The zero-order valence-electron chi connectivity index (χ0n) is 11.0. The smallest absolute Gasteiger partial charge is 0.302 e. The van der Waals surface area contributed by atoms with E-state index in [0.29, 0.717) is 0 Å². The second kappa shape index (κ2) is 7.43. The summed E-state index contributed by atoms with van der Waals surface area (Å²) >= 11 is 10.8. The number of amides is 1. The summed E-state index contributed by atoms with van der Waals surface area (Å²) in [5.41, 5.74) is 0.885. The summed E-state index contributed by atoms with van der Waals surface area (Å²) in [4.78, 5) is 19.3. The fourth-order valence-electron chi connectivity index (χ4n) is 1.15. The normalized spacial score (nSPS) is 11.9. The van der Waals surface area contributed by atoms with Gasteiger partial charge in [0.25, 0.3) is 0 Å². The highest BCUT2D eigenvalue weighted by atomic mass is 35.5. The Hall–Kier alpha value is -1.58. The first-order chi connectivity index (χ1) is 9.81. The van der Waals surface area contributed by atoms with E-state index in [1.165, 1.54) is 20.3 Å². The average Bonchev–Trinajstić information content (AvgIpc) is 2.45. The Morgan fingerprint density at radius 3 is 2.29 bits per heavy atom. The van der Waals surface area contributed by atoms with Crippen LogP contribution >= 0.6 is 23.2 Å². The van der Waals surface area contributed by atoms with Gasteiger partial charge in [0.05, 0.1) is 20.3 Å². The molecule has 0 unspecified atom stereocenters. The highest BCUT2D eigenvalue weighted by Gasteiger charge is 2.21. The van der Waals surface area contributed by atoms with Gasteiger partial charge in [0, 0.05) is 10.6 Å². The van der Waals surface area contributed by atoms with E-state index in [2.05, 4.69) is 9.97 Å². The lowest BCUT2D eigenvalue weighted by Gasteiger charge is -2.07. The van der Waals surface area contributed by atoms with E-state index < -0.39 is 27.5 Å². The van der Waals surface area contributed by atoms with E-state index in [4.69, 9.17) is 32.7 Å².